The lowest BCUT2D eigenvalue weighted by Crippen LogP contribution is -2.41. The Hall–Kier alpha value is -2.63. The summed E-state index contributed by atoms with van der Waals surface area (Å²) < 4.78 is 0. The molecule has 0 fully saturated rings. The zero-order valence-corrected chi connectivity index (χ0v) is 11.2. The highest BCUT2D eigenvalue weighted by Gasteiger charge is 2.15. The van der Waals surface area contributed by atoms with Crippen molar-refractivity contribution in [3.63, 3.8) is 0 Å². The van der Waals surface area contributed by atoms with Crippen LogP contribution in [0.3, 0.4) is 0 Å². The van der Waals surface area contributed by atoms with Gasteiger partial charge in [0.15, 0.2) is 0 Å². The second-order valence-corrected chi connectivity index (χ2v) is 4.25. The van der Waals surface area contributed by atoms with E-state index in [1.165, 1.54) is 0 Å². The number of nitrogens with one attached hydrogen (secondary N) is 2. The van der Waals surface area contributed by atoms with Gasteiger partial charge in [-0.05, 0) is 31.6 Å². The van der Waals surface area contributed by atoms with Crippen molar-refractivity contribution in [2.75, 3.05) is 6.54 Å². The summed E-state index contributed by atoms with van der Waals surface area (Å²) in [5.74, 6) is -2.51. The SMILES string of the molecule is CC(C)=C(NC(=O)c1ccccc1)C(=O)NCC(=O)[O-]. The third kappa shape index (κ3) is 4.56. The van der Waals surface area contributed by atoms with Crippen LogP contribution in [0.4, 0.5) is 0 Å². The fourth-order valence-electron chi connectivity index (χ4n) is 1.42. The standard InChI is InChI=1S/C14H16N2O4/c1-9(2)12(14(20)15-8-11(17)18)16-13(19)10-6-4-3-5-7-10/h3-7H,8H2,1-2H3,(H,15,20)(H,16,19)(H,17,18)/p-1. The van der Waals surface area contributed by atoms with Gasteiger partial charge in [0.05, 0.1) is 12.5 Å². The molecule has 6 nitrogen and oxygen atoms in total. The molecule has 2 amide bonds. The molecule has 0 saturated carbocycles. The Labute approximate surface area is 116 Å². The molecule has 106 valence electrons. The van der Waals surface area contributed by atoms with Crippen molar-refractivity contribution in [1.29, 1.82) is 0 Å². The Kier molecular flexibility index (Phi) is 5.46. The van der Waals surface area contributed by atoms with Gasteiger partial charge in [0, 0.05) is 5.56 Å². The largest absolute Gasteiger partial charge is 0.548 e. The van der Waals surface area contributed by atoms with E-state index in [0.29, 0.717) is 11.1 Å². The number of rotatable bonds is 5. The number of hydrogen-bond acceptors (Lipinski definition) is 4. The van der Waals surface area contributed by atoms with Crippen molar-refractivity contribution in [2.45, 2.75) is 13.8 Å². The summed E-state index contributed by atoms with van der Waals surface area (Å²) in [6.45, 7) is 2.66. The smallest absolute Gasteiger partial charge is 0.268 e. The summed E-state index contributed by atoms with van der Waals surface area (Å²) in [4.78, 5) is 34.0. The van der Waals surface area contributed by atoms with Crippen molar-refractivity contribution in [1.82, 2.24) is 10.6 Å². The minimum atomic E-state index is -1.40. The highest BCUT2D eigenvalue weighted by molar-refractivity contribution is 6.03. The molecule has 6 heteroatoms. The number of carbonyl (C=O) groups excluding carboxylic acids is 3. The number of amides is 2. The summed E-state index contributed by atoms with van der Waals surface area (Å²) in [5, 5.41) is 14.9. The van der Waals surface area contributed by atoms with Gasteiger partial charge in [-0.2, -0.15) is 0 Å². The Morgan fingerprint density at radius 2 is 1.70 bits per heavy atom. The predicted octanol–water partition coefficient (Wildman–Crippen LogP) is -0.424. The minimum Gasteiger partial charge on any atom is -0.548 e. The van der Waals surface area contributed by atoms with Gasteiger partial charge < -0.3 is 20.5 Å². The molecule has 0 atom stereocenters. The van der Waals surface area contributed by atoms with E-state index in [2.05, 4.69) is 10.6 Å². The maximum atomic E-state index is 11.9. The maximum absolute atomic E-state index is 11.9. The van der Waals surface area contributed by atoms with Crippen LogP contribution >= 0.6 is 0 Å². The lowest BCUT2D eigenvalue weighted by Gasteiger charge is -2.12. The zero-order chi connectivity index (χ0) is 15.1. The molecular formula is C14H15N2O4-. The lowest BCUT2D eigenvalue weighted by molar-refractivity contribution is -0.303. The average molecular weight is 275 g/mol. The van der Waals surface area contributed by atoms with Crippen molar-refractivity contribution in [2.24, 2.45) is 0 Å². The molecule has 0 heterocycles. The van der Waals surface area contributed by atoms with E-state index in [-0.39, 0.29) is 5.70 Å². The van der Waals surface area contributed by atoms with Gasteiger partial charge in [0.25, 0.3) is 11.8 Å². The molecule has 0 aliphatic carbocycles. The van der Waals surface area contributed by atoms with E-state index in [0.717, 1.165) is 0 Å². The number of carbonyl (C=O) groups is 3. The molecular weight excluding hydrogens is 260 g/mol. The molecule has 0 aromatic heterocycles. The van der Waals surface area contributed by atoms with Gasteiger partial charge in [0.2, 0.25) is 0 Å². The third-order valence-electron chi connectivity index (χ3n) is 2.39. The molecule has 0 spiro atoms. The quantitative estimate of drug-likeness (QED) is 0.713. The number of benzene rings is 1. The first-order valence-electron chi connectivity index (χ1n) is 5.93. The fourth-order valence-corrected chi connectivity index (χ4v) is 1.42. The van der Waals surface area contributed by atoms with Crippen LogP contribution in [0, 0.1) is 0 Å². The Balaban J connectivity index is 2.79. The predicted molar refractivity (Wildman–Crippen MR) is 70.3 cm³/mol. The van der Waals surface area contributed by atoms with Crippen LogP contribution in [0.1, 0.15) is 24.2 Å². The first-order chi connectivity index (χ1) is 9.41. The molecule has 1 aromatic rings. The second kappa shape index (κ2) is 7.08. The number of carboxylic acids is 1. The average Bonchev–Trinajstić information content (AvgIpc) is 2.42. The highest BCUT2D eigenvalue weighted by Crippen LogP contribution is 2.04. The molecule has 0 saturated heterocycles. The van der Waals surface area contributed by atoms with E-state index in [9.17, 15) is 19.5 Å². The molecule has 1 aromatic carbocycles. The van der Waals surface area contributed by atoms with E-state index in [4.69, 9.17) is 0 Å². The van der Waals surface area contributed by atoms with Crippen molar-refractivity contribution in [3.05, 3.63) is 47.2 Å². The Bertz CT molecular complexity index is 546. The lowest BCUT2D eigenvalue weighted by atomic mass is 10.2. The molecule has 1 rings (SSSR count). The van der Waals surface area contributed by atoms with E-state index >= 15 is 0 Å². The second-order valence-electron chi connectivity index (χ2n) is 4.25. The van der Waals surface area contributed by atoms with Gasteiger partial charge in [-0.25, -0.2) is 0 Å². The van der Waals surface area contributed by atoms with Crippen molar-refractivity contribution in [3.8, 4) is 0 Å². The number of aliphatic carboxylic acids is 1. The summed E-state index contributed by atoms with van der Waals surface area (Å²) in [5.41, 5.74) is 0.990. The first kappa shape index (κ1) is 15.4. The number of allylic oxidation sites excluding steroid dienone is 1. The van der Waals surface area contributed by atoms with Gasteiger partial charge in [-0.1, -0.05) is 18.2 Å². The molecule has 0 unspecified atom stereocenters. The molecule has 2 N–H and O–H groups in total. The van der Waals surface area contributed by atoms with Crippen LogP contribution in [0.25, 0.3) is 0 Å². The van der Waals surface area contributed by atoms with Crippen LogP contribution in [-0.4, -0.2) is 24.3 Å². The monoisotopic (exact) mass is 275 g/mol. The first-order valence-corrected chi connectivity index (χ1v) is 5.93. The van der Waals surface area contributed by atoms with Crippen LogP contribution in [0.15, 0.2) is 41.6 Å². The number of hydrogen-bond donors (Lipinski definition) is 2. The van der Waals surface area contributed by atoms with Crippen molar-refractivity contribution < 1.29 is 19.5 Å². The van der Waals surface area contributed by atoms with Crippen LogP contribution in [0.2, 0.25) is 0 Å². The van der Waals surface area contributed by atoms with Gasteiger partial charge in [0.1, 0.15) is 5.70 Å². The van der Waals surface area contributed by atoms with Crippen LogP contribution in [-0.2, 0) is 9.59 Å². The van der Waals surface area contributed by atoms with Crippen LogP contribution < -0.4 is 15.7 Å². The van der Waals surface area contributed by atoms with Gasteiger partial charge in [-0.3, -0.25) is 9.59 Å². The van der Waals surface area contributed by atoms with Gasteiger partial charge in [-0.15, -0.1) is 0 Å². The van der Waals surface area contributed by atoms with E-state index < -0.39 is 24.3 Å². The van der Waals surface area contributed by atoms with Crippen molar-refractivity contribution >= 4 is 17.8 Å². The third-order valence-corrected chi connectivity index (χ3v) is 2.39. The summed E-state index contributed by atoms with van der Waals surface area (Å²) in [6.07, 6.45) is 0. The normalized spacial score (nSPS) is 9.50. The summed E-state index contributed by atoms with van der Waals surface area (Å²) in [7, 11) is 0. The fraction of sp³-hybridized carbons (Fsp3) is 0.214. The number of carboxylic acid groups (broad SMARTS) is 1. The van der Waals surface area contributed by atoms with E-state index in [1.807, 2.05) is 0 Å². The maximum Gasteiger partial charge on any atom is 0.268 e. The highest BCUT2D eigenvalue weighted by atomic mass is 16.4. The van der Waals surface area contributed by atoms with Gasteiger partial charge >= 0.3 is 0 Å². The molecule has 20 heavy (non-hydrogen) atoms. The molecule has 0 radical (unpaired) electrons. The zero-order valence-electron chi connectivity index (χ0n) is 11.2. The summed E-state index contributed by atoms with van der Waals surface area (Å²) in [6, 6.07) is 8.39. The molecule has 0 bridgehead atoms. The minimum absolute atomic E-state index is 0.0279. The molecule has 0 aliphatic rings. The molecule has 0 aliphatic heterocycles. The van der Waals surface area contributed by atoms with E-state index in [1.54, 1.807) is 44.2 Å². The van der Waals surface area contributed by atoms with Crippen LogP contribution in [0.5, 0.6) is 0 Å². The topological polar surface area (TPSA) is 98.3 Å². The Morgan fingerprint density at radius 1 is 1.10 bits per heavy atom. The summed E-state index contributed by atoms with van der Waals surface area (Å²) >= 11 is 0. The Morgan fingerprint density at radius 3 is 2.20 bits per heavy atom.